The first-order chi connectivity index (χ1) is 9.00. The highest BCUT2D eigenvalue weighted by atomic mass is 15.3. The predicted molar refractivity (Wildman–Crippen MR) is 82.7 cm³/mol. The van der Waals surface area contributed by atoms with Crippen molar-refractivity contribution in [3.8, 4) is 0 Å². The van der Waals surface area contributed by atoms with Crippen LogP contribution in [-0.2, 0) is 0 Å². The lowest BCUT2D eigenvalue weighted by Crippen LogP contribution is -2.55. The van der Waals surface area contributed by atoms with E-state index in [1.807, 2.05) is 0 Å². The molecule has 106 valence electrons. The first-order valence-corrected chi connectivity index (χ1v) is 7.24. The van der Waals surface area contributed by atoms with E-state index in [0.29, 0.717) is 12.6 Å². The average Bonchev–Trinajstić information content (AvgIpc) is 2.84. The van der Waals surface area contributed by atoms with Crippen LogP contribution in [0.3, 0.4) is 0 Å². The molecular formula is C16H27N3. The minimum absolute atomic E-state index is 0.0797. The number of hydrogen-bond acceptors (Lipinski definition) is 3. The second-order valence-electron chi connectivity index (χ2n) is 6.09. The molecule has 0 radical (unpaired) electrons. The number of benzene rings is 1. The number of aryl methyl sites for hydroxylation is 1. The van der Waals surface area contributed by atoms with Crippen molar-refractivity contribution in [2.75, 3.05) is 31.6 Å². The van der Waals surface area contributed by atoms with Gasteiger partial charge in [-0.2, -0.15) is 0 Å². The van der Waals surface area contributed by atoms with Crippen molar-refractivity contribution in [3.05, 3.63) is 29.8 Å². The van der Waals surface area contributed by atoms with Gasteiger partial charge in [-0.25, -0.2) is 0 Å². The van der Waals surface area contributed by atoms with E-state index < -0.39 is 0 Å². The summed E-state index contributed by atoms with van der Waals surface area (Å²) in [6.07, 6.45) is 1.15. The summed E-state index contributed by atoms with van der Waals surface area (Å²) in [6.45, 7) is 9.62. The zero-order chi connectivity index (χ0) is 14.0. The molecule has 0 bridgehead atoms. The minimum atomic E-state index is 0.0797. The van der Waals surface area contributed by atoms with Crippen molar-refractivity contribution >= 4 is 5.69 Å². The number of nitrogens with two attached hydrogens (primary N) is 1. The van der Waals surface area contributed by atoms with Crippen molar-refractivity contribution in [2.45, 2.75) is 38.8 Å². The fraction of sp³-hybridized carbons (Fsp3) is 0.625. The summed E-state index contributed by atoms with van der Waals surface area (Å²) < 4.78 is 0. The lowest BCUT2D eigenvalue weighted by atomic mass is 9.95. The molecule has 0 amide bonds. The topological polar surface area (TPSA) is 32.5 Å². The highest BCUT2D eigenvalue weighted by molar-refractivity contribution is 5.55. The number of nitrogens with zero attached hydrogens (tertiary/aromatic N) is 2. The lowest BCUT2D eigenvalue weighted by molar-refractivity contribution is 0.255. The molecule has 1 atom stereocenters. The fourth-order valence-electron chi connectivity index (χ4n) is 3.10. The third-order valence-corrected chi connectivity index (χ3v) is 4.66. The van der Waals surface area contributed by atoms with Gasteiger partial charge in [-0.1, -0.05) is 18.2 Å². The maximum absolute atomic E-state index is 6.15. The summed E-state index contributed by atoms with van der Waals surface area (Å²) in [4.78, 5) is 4.94. The van der Waals surface area contributed by atoms with Crippen LogP contribution in [-0.4, -0.2) is 43.2 Å². The number of para-hydroxylation sites is 1. The molecule has 0 spiro atoms. The molecule has 1 aliphatic rings. The van der Waals surface area contributed by atoms with Gasteiger partial charge in [-0.05, 0) is 38.8 Å². The van der Waals surface area contributed by atoms with Gasteiger partial charge >= 0.3 is 0 Å². The van der Waals surface area contributed by atoms with Crippen LogP contribution in [0.25, 0.3) is 0 Å². The highest BCUT2D eigenvalue weighted by Crippen LogP contribution is 2.32. The Bertz CT molecular complexity index is 430. The molecule has 0 saturated carbocycles. The predicted octanol–water partition coefficient (Wildman–Crippen LogP) is 2.24. The second-order valence-corrected chi connectivity index (χ2v) is 6.09. The monoisotopic (exact) mass is 261 g/mol. The van der Waals surface area contributed by atoms with Gasteiger partial charge in [0.25, 0.3) is 0 Å². The fourth-order valence-corrected chi connectivity index (χ4v) is 3.10. The summed E-state index contributed by atoms with van der Waals surface area (Å²) in [5, 5.41) is 0. The summed E-state index contributed by atoms with van der Waals surface area (Å²) in [5.74, 6) is 0. The van der Waals surface area contributed by atoms with E-state index in [-0.39, 0.29) is 5.54 Å². The molecular weight excluding hydrogens is 234 g/mol. The van der Waals surface area contributed by atoms with E-state index in [1.165, 1.54) is 11.3 Å². The summed E-state index contributed by atoms with van der Waals surface area (Å²) in [5.41, 5.74) is 8.86. The van der Waals surface area contributed by atoms with Crippen LogP contribution in [0.15, 0.2) is 24.3 Å². The van der Waals surface area contributed by atoms with Gasteiger partial charge < -0.3 is 10.6 Å². The largest absolute Gasteiger partial charge is 0.366 e. The molecule has 3 heteroatoms. The van der Waals surface area contributed by atoms with Crippen LogP contribution in [0.5, 0.6) is 0 Å². The van der Waals surface area contributed by atoms with Crippen molar-refractivity contribution in [2.24, 2.45) is 5.73 Å². The normalized spacial score (nSPS) is 24.1. The van der Waals surface area contributed by atoms with E-state index in [9.17, 15) is 0 Å². The lowest BCUT2D eigenvalue weighted by Gasteiger charge is -2.41. The van der Waals surface area contributed by atoms with Gasteiger partial charge in [0.05, 0.1) is 5.54 Å². The summed E-state index contributed by atoms with van der Waals surface area (Å²) >= 11 is 0. The Labute approximate surface area is 117 Å². The van der Waals surface area contributed by atoms with Crippen LogP contribution >= 0.6 is 0 Å². The van der Waals surface area contributed by atoms with Gasteiger partial charge in [0, 0.05) is 38.4 Å². The molecule has 1 fully saturated rings. The van der Waals surface area contributed by atoms with Crippen LogP contribution in [0.1, 0.15) is 25.8 Å². The Morgan fingerprint density at radius 2 is 2.05 bits per heavy atom. The molecule has 1 heterocycles. The minimum Gasteiger partial charge on any atom is -0.366 e. The standard InChI is InChI=1S/C16H27N3/c1-13(2)19-10-9-16(11-17,12-19)18(4)15-8-6-5-7-14(15)3/h5-8,13H,9-12,17H2,1-4H3. The Kier molecular flexibility index (Phi) is 4.16. The van der Waals surface area contributed by atoms with Gasteiger partial charge in [0.2, 0.25) is 0 Å². The third-order valence-electron chi connectivity index (χ3n) is 4.66. The number of likely N-dealkylation sites (N-methyl/N-ethyl adjacent to an activating group) is 1. The number of hydrogen-bond donors (Lipinski definition) is 1. The van der Waals surface area contributed by atoms with Crippen molar-refractivity contribution in [3.63, 3.8) is 0 Å². The van der Waals surface area contributed by atoms with Gasteiger partial charge in [0.1, 0.15) is 0 Å². The van der Waals surface area contributed by atoms with Gasteiger partial charge in [-0.3, -0.25) is 4.90 Å². The first-order valence-electron chi connectivity index (χ1n) is 7.24. The maximum Gasteiger partial charge on any atom is 0.0659 e. The second kappa shape index (κ2) is 5.51. The smallest absolute Gasteiger partial charge is 0.0659 e. The van der Waals surface area contributed by atoms with E-state index in [2.05, 4.69) is 61.9 Å². The van der Waals surface area contributed by atoms with E-state index in [0.717, 1.165) is 19.5 Å². The average molecular weight is 261 g/mol. The number of likely N-dealkylation sites (tertiary alicyclic amines) is 1. The van der Waals surface area contributed by atoms with Crippen LogP contribution in [0.2, 0.25) is 0 Å². The zero-order valence-electron chi connectivity index (χ0n) is 12.7. The Morgan fingerprint density at radius 1 is 1.37 bits per heavy atom. The molecule has 1 unspecified atom stereocenters. The van der Waals surface area contributed by atoms with E-state index in [1.54, 1.807) is 0 Å². The molecule has 3 nitrogen and oxygen atoms in total. The third kappa shape index (κ3) is 2.63. The van der Waals surface area contributed by atoms with Crippen molar-refractivity contribution in [1.82, 2.24) is 4.90 Å². The quantitative estimate of drug-likeness (QED) is 0.902. The first kappa shape index (κ1) is 14.4. The summed E-state index contributed by atoms with van der Waals surface area (Å²) in [7, 11) is 2.19. The van der Waals surface area contributed by atoms with E-state index >= 15 is 0 Å². The molecule has 2 N–H and O–H groups in total. The molecule has 1 aromatic carbocycles. The number of anilines is 1. The SMILES string of the molecule is Cc1ccccc1N(C)C1(CN)CCN(C(C)C)C1. The van der Waals surface area contributed by atoms with Crippen LogP contribution < -0.4 is 10.6 Å². The molecule has 0 aliphatic carbocycles. The Morgan fingerprint density at radius 3 is 2.58 bits per heavy atom. The van der Waals surface area contributed by atoms with E-state index in [4.69, 9.17) is 5.73 Å². The molecule has 1 aromatic rings. The molecule has 1 aliphatic heterocycles. The molecule has 19 heavy (non-hydrogen) atoms. The number of rotatable bonds is 4. The maximum atomic E-state index is 6.15. The Balaban J connectivity index is 2.25. The van der Waals surface area contributed by atoms with Gasteiger partial charge in [-0.15, -0.1) is 0 Å². The zero-order valence-corrected chi connectivity index (χ0v) is 12.7. The Hall–Kier alpha value is -1.06. The molecule has 1 saturated heterocycles. The molecule has 2 rings (SSSR count). The van der Waals surface area contributed by atoms with Crippen molar-refractivity contribution in [1.29, 1.82) is 0 Å². The van der Waals surface area contributed by atoms with Crippen LogP contribution in [0, 0.1) is 6.92 Å². The van der Waals surface area contributed by atoms with Crippen molar-refractivity contribution < 1.29 is 0 Å². The summed E-state index contributed by atoms with van der Waals surface area (Å²) in [6, 6.07) is 9.17. The highest BCUT2D eigenvalue weighted by Gasteiger charge is 2.41. The van der Waals surface area contributed by atoms with Gasteiger partial charge in [0.15, 0.2) is 0 Å². The molecule has 0 aromatic heterocycles. The van der Waals surface area contributed by atoms with Crippen LogP contribution in [0.4, 0.5) is 5.69 Å².